The molecule has 3 aliphatic rings. The number of hydrogen-bond acceptors (Lipinski definition) is 5. The van der Waals surface area contributed by atoms with Gasteiger partial charge in [0.05, 0.1) is 0 Å². The number of carbonyl (C=O) groups is 2. The zero-order valence-corrected chi connectivity index (χ0v) is 15.6. The third-order valence-electron chi connectivity index (χ3n) is 5.81. The maximum atomic E-state index is 12.1. The largest absolute Gasteiger partial charge is 0.368 e. The summed E-state index contributed by atoms with van der Waals surface area (Å²) in [6, 6.07) is 6.58. The fourth-order valence-corrected chi connectivity index (χ4v) is 4.02. The normalized spacial score (nSPS) is 23.2. The van der Waals surface area contributed by atoms with Gasteiger partial charge in [-0.2, -0.15) is 0 Å². The summed E-state index contributed by atoms with van der Waals surface area (Å²) in [5.41, 5.74) is 3.16. The van der Waals surface area contributed by atoms with Crippen molar-refractivity contribution in [3.05, 3.63) is 23.8 Å². The minimum Gasteiger partial charge on any atom is -0.368 e. The third-order valence-corrected chi connectivity index (χ3v) is 5.81. The van der Waals surface area contributed by atoms with Crippen LogP contribution >= 0.6 is 0 Å². The van der Waals surface area contributed by atoms with Gasteiger partial charge in [-0.25, -0.2) is 4.79 Å². The van der Waals surface area contributed by atoms with Gasteiger partial charge in [-0.3, -0.25) is 19.9 Å². The van der Waals surface area contributed by atoms with E-state index in [9.17, 15) is 9.59 Å². The molecular formula is C19H27N5O2. The highest BCUT2D eigenvalue weighted by molar-refractivity contribution is 6.06. The lowest BCUT2D eigenvalue weighted by molar-refractivity contribution is -0.120. The van der Waals surface area contributed by atoms with Crippen LogP contribution in [0, 0.1) is 6.92 Å². The molecule has 0 aliphatic carbocycles. The topological polar surface area (TPSA) is 59.1 Å². The van der Waals surface area contributed by atoms with Crippen LogP contribution in [0.25, 0.3) is 0 Å². The molecule has 4 rings (SSSR count). The summed E-state index contributed by atoms with van der Waals surface area (Å²) in [5, 5.41) is 2.39. The Morgan fingerprint density at radius 1 is 1.04 bits per heavy atom. The van der Waals surface area contributed by atoms with E-state index < -0.39 is 0 Å². The van der Waals surface area contributed by atoms with E-state index in [0.29, 0.717) is 19.0 Å². The van der Waals surface area contributed by atoms with Crippen LogP contribution in [-0.4, -0.2) is 80.6 Å². The summed E-state index contributed by atoms with van der Waals surface area (Å²) in [5.74, 6) is -0.198. The predicted octanol–water partition coefficient (Wildman–Crippen LogP) is 0.877. The average molecular weight is 357 g/mol. The van der Waals surface area contributed by atoms with Crippen LogP contribution in [-0.2, 0) is 4.79 Å². The molecule has 0 unspecified atom stereocenters. The van der Waals surface area contributed by atoms with E-state index >= 15 is 0 Å². The maximum absolute atomic E-state index is 12.1. The molecule has 0 saturated carbocycles. The highest BCUT2D eigenvalue weighted by Crippen LogP contribution is 2.30. The van der Waals surface area contributed by atoms with Gasteiger partial charge in [0.15, 0.2) is 0 Å². The van der Waals surface area contributed by atoms with Gasteiger partial charge in [-0.05, 0) is 37.7 Å². The number of carbonyl (C=O) groups excluding carboxylic acids is 2. The predicted molar refractivity (Wildman–Crippen MR) is 102 cm³/mol. The number of aryl methyl sites for hydroxylation is 1. The Morgan fingerprint density at radius 3 is 2.42 bits per heavy atom. The van der Waals surface area contributed by atoms with E-state index in [-0.39, 0.29) is 11.9 Å². The molecule has 140 valence electrons. The van der Waals surface area contributed by atoms with Gasteiger partial charge in [0, 0.05) is 69.7 Å². The van der Waals surface area contributed by atoms with Crippen LogP contribution in [0.2, 0.25) is 0 Å². The molecule has 1 aromatic rings. The molecule has 3 heterocycles. The number of imide groups is 1. The van der Waals surface area contributed by atoms with E-state index in [1.807, 2.05) is 13.0 Å². The van der Waals surface area contributed by atoms with E-state index in [4.69, 9.17) is 0 Å². The molecule has 3 amide bonds. The molecule has 7 nitrogen and oxygen atoms in total. The zero-order chi connectivity index (χ0) is 18.3. The number of nitrogens with one attached hydrogen (secondary N) is 1. The number of benzene rings is 1. The SMILES string of the molecule is Cc1cc(N2CC(N3CCN(C)CC3)C2)ccc1N1CCC(=O)NC1=O. The fourth-order valence-electron chi connectivity index (χ4n) is 4.02. The Kier molecular flexibility index (Phi) is 4.58. The van der Waals surface area contributed by atoms with Gasteiger partial charge in [0.25, 0.3) is 0 Å². The Balaban J connectivity index is 1.38. The molecule has 3 aliphatic heterocycles. The van der Waals surface area contributed by atoms with Crippen molar-refractivity contribution in [1.29, 1.82) is 0 Å². The molecule has 0 radical (unpaired) electrons. The van der Waals surface area contributed by atoms with Crippen LogP contribution in [0.4, 0.5) is 16.2 Å². The van der Waals surface area contributed by atoms with E-state index in [1.165, 1.54) is 5.69 Å². The molecular weight excluding hydrogens is 330 g/mol. The molecule has 0 spiro atoms. The van der Waals surface area contributed by atoms with Crippen LogP contribution in [0.15, 0.2) is 18.2 Å². The van der Waals surface area contributed by atoms with Crippen LogP contribution < -0.4 is 15.1 Å². The van der Waals surface area contributed by atoms with Gasteiger partial charge >= 0.3 is 6.03 Å². The van der Waals surface area contributed by atoms with Crippen molar-refractivity contribution in [2.24, 2.45) is 0 Å². The minimum atomic E-state index is -0.323. The lowest BCUT2D eigenvalue weighted by Crippen LogP contribution is -2.63. The second-order valence-electron chi connectivity index (χ2n) is 7.62. The molecule has 0 bridgehead atoms. The molecule has 26 heavy (non-hydrogen) atoms. The molecule has 3 saturated heterocycles. The first kappa shape index (κ1) is 17.3. The van der Waals surface area contributed by atoms with Gasteiger partial charge in [-0.1, -0.05) is 0 Å². The van der Waals surface area contributed by atoms with Gasteiger partial charge < -0.3 is 9.80 Å². The number of likely N-dealkylation sites (N-methyl/N-ethyl adjacent to an activating group) is 1. The quantitative estimate of drug-likeness (QED) is 0.870. The van der Waals surface area contributed by atoms with Gasteiger partial charge in [0.1, 0.15) is 0 Å². The molecule has 7 heteroatoms. The number of amides is 3. The van der Waals surface area contributed by atoms with E-state index in [0.717, 1.165) is 50.5 Å². The summed E-state index contributed by atoms with van der Waals surface area (Å²) in [6.45, 7) is 9.25. The highest BCUT2D eigenvalue weighted by Gasteiger charge is 2.33. The first-order chi connectivity index (χ1) is 12.5. The summed E-state index contributed by atoms with van der Waals surface area (Å²) >= 11 is 0. The third kappa shape index (κ3) is 3.29. The summed E-state index contributed by atoms with van der Waals surface area (Å²) in [7, 11) is 2.19. The van der Waals surface area contributed by atoms with Crippen molar-refractivity contribution < 1.29 is 9.59 Å². The highest BCUT2D eigenvalue weighted by atomic mass is 16.2. The molecule has 1 N–H and O–H groups in total. The first-order valence-corrected chi connectivity index (χ1v) is 9.41. The second kappa shape index (κ2) is 6.89. The fraction of sp³-hybridized carbons (Fsp3) is 0.579. The Hall–Kier alpha value is -2.12. The number of rotatable bonds is 3. The number of piperazine rings is 1. The lowest BCUT2D eigenvalue weighted by Gasteiger charge is -2.49. The number of urea groups is 1. The van der Waals surface area contributed by atoms with Gasteiger partial charge in [-0.15, -0.1) is 0 Å². The van der Waals surface area contributed by atoms with Gasteiger partial charge in [0.2, 0.25) is 5.91 Å². The van der Waals surface area contributed by atoms with Crippen LogP contribution in [0.5, 0.6) is 0 Å². The smallest absolute Gasteiger partial charge is 0.328 e. The van der Waals surface area contributed by atoms with Crippen molar-refractivity contribution in [3.63, 3.8) is 0 Å². The Morgan fingerprint density at radius 2 is 1.77 bits per heavy atom. The van der Waals surface area contributed by atoms with Crippen molar-refractivity contribution in [3.8, 4) is 0 Å². The molecule has 3 fully saturated rings. The average Bonchev–Trinajstić information content (AvgIpc) is 2.56. The summed E-state index contributed by atoms with van der Waals surface area (Å²) < 4.78 is 0. The first-order valence-electron chi connectivity index (χ1n) is 9.41. The van der Waals surface area contributed by atoms with Crippen molar-refractivity contribution in [1.82, 2.24) is 15.1 Å². The standard InChI is InChI=1S/C19H27N5O2/c1-14-11-15(3-4-17(14)24-6-5-18(25)20-19(24)26)23-12-16(13-23)22-9-7-21(2)8-10-22/h3-4,11,16H,5-10,12-13H2,1-2H3,(H,20,25,26). The summed E-state index contributed by atoms with van der Waals surface area (Å²) in [4.78, 5) is 32.4. The minimum absolute atomic E-state index is 0.198. The maximum Gasteiger partial charge on any atom is 0.328 e. The van der Waals surface area contributed by atoms with E-state index in [1.54, 1.807) is 4.90 Å². The summed E-state index contributed by atoms with van der Waals surface area (Å²) in [6.07, 6.45) is 0.353. The van der Waals surface area contributed by atoms with Crippen molar-refractivity contribution in [2.75, 3.05) is 62.7 Å². The zero-order valence-electron chi connectivity index (χ0n) is 15.6. The molecule has 1 aromatic carbocycles. The van der Waals surface area contributed by atoms with Crippen molar-refractivity contribution in [2.45, 2.75) is 19.4 Å². The van der Waals surface area contributed by atoms with E-state index in [2.05, 4.69) is 39.2 Å². The van der Waals surface area contributed by atoms with Crippen LogP contribution in [0.1, 0.15) is 12.0 Å². The lowest BCUT2D eigenvalue weighted by atomic mass is 10.0. The number of anilines is 2. The molecule has 0 aromatic heterocycles. The number of hydrogen-bond donors (Lipinski definition) is 1. The monoisotopic (exact) mass is 357 g/mol. The van der Waals surface area contributed by atoms with Crippen molar-refractivity contribution >= 4 is 23.3 Å². The second-order valence-corrected chi connectivity index (χ2v) is 7.62. The Bertz CT molecular complexity index is 708. The Labute approximate surface area is 154 Å². The van der Waals surface area contributed by atoms with Crippen LogP contribution in [0.3, 0.4) is 0 Å². The molecule has 0 atom stereocenters. The number of nitrogens with zero attached hydrogens (tertiary/aromatic N) is 4.